The lowest BCUT2D eigenvalue weighted by Crippen LogP contribution is -2.41. The molecule has 1 rings (SSSR count). The van der Waals surface area contributed by atoms with E-state index in [9.17, 15) is 0 Å². The number of hydrogen-bond acceptors (Lipinski definition) is 3. The molecular weight excluding hydrogens is 235 g/mol. The second-order valence-electron chi connectivity index (χ2n) is 3.56. The standard InChI is InChI=1S/C10H14Cl2N2O/c1-10(14,5-13)6-3-4-7(15-2)9(12)8(6)11/h3-4H,5,13-14H2,1-2H3. The van der Waals surface area contributed by atoms with Crippen LogP contribution in [0.3, 0.4) is 0 Å². The Bertz CT molecular complexity index is 367. The van der Waals surface area contributed by atoms with Crippen molar-refractivity contribution in [2.45, 2.75) is 12.5 Å². The predicted octanol–water partition coefficient (Wildman–Crippen LogP) is 2.13. The third-order valence-electron chi connectivity index (χ3n) is 2.31. The fraction of sp³-hybridized carbons (Fsp3) is 0.400. The maximum absolute atomic E-state index is 6.09. The molecule has 0 saturated carbocycles. The Morgan fingerprint density at radius 3 is 2.40 bits per heavy atom. The summed E-state index contributed by atoms with van der Waals surface area (Å²) < 4.78 is 5.04. The second-order valence-corrected chi connectivity index (χ2v) is 4.32. The number of nitrogens with two attached hydrogens (primary N) is 2. The molecule has 4 N–H and O–H groups in total. The van der Waals surface area contributed by atoms with E-state index in [1.165, 1.54) is 7.11 Å². The zero-order valence-electron chi connectivity index (χ0n) is 8.68. The molecule has 0 heterocycles. The van der Waals surface area contributed by atoms with Gasteiger partial charge in [-0.15, -0.1) is 0 Å². The van der Waals surface area contributed by atoms with Gasteiger partial charge < -0.3 is 16.2 Å². The van der Waals surface area contributed by atoms with Crippen LogP contribution in [0.15, 0.2) is 12.1 Å². The van der Waals surface area contributed by atoms with Crippen LogP contribution in [-0.4, -0.2) is 13.7 Å². The molecule has 0 bridgehead atoms. The lowest BCUT2D eigenvalue weighted by atomic mass is 9.93. The molecule has 0 aliphatic heterocycles. The van der Waals surface area contributed by atoms with Gasteiger partial charge in [-0.25, -0.2) is 0 Å². The molecule has 1 unspecified atom stereocenters. The molecule has 0 saturated heterocycles. The van der Waals surface area contributed by atoms with E-state index in [0.717, 1.165) is 5.56 Å². The van der Waals surface area contributed by atoms with Gasteiger partial charge in [0.2, 0.25) is 0 Å². The summed E-state index contributed by atoms with van der Waals surface area (Å²) >= 11 is 12.1. The second kappa shape index (κ2) is 4.58. The first-order valence-corrected chi connectivity index (χ1v) is 5.21. The van der Waals surface area contributed by atoms with E-state index in [4.69, 9.17) is 39.4 Å². The summed E-state index contributed by atoms with van der Waals surface area (Å²) in [7, 11) is 1.53. The van der Waals surface area contributed by atoms with Crippen molar-refractivity contribution >= 4 is 23.2 Å². The summed E-state index contributed by atoms with van der Waals surface area (Å²) in [6, 6.07) is 3.50. The summed E-state index contributed by atoms with van der Waals surface area (Å²) in [5, 5.41) is 0.758. The molecule has 84 valence electrons. The van der Waals surface area contributed by atoms with E-state index in [2.05, 4.69) is 0 Å². The van der Waals surface area contributed by atoms with E-state index in [1.807, 2.05) is 0 Å². The summed E-state index contributed by atoms with van der Waals surface area (Å²) in [6.45, 7) is 2.09. The number of halogens is 2. The number of rotatable bonds is 3. The molecule has 1 aromatic carbocycles. The maximum Gasteiger partial charge on any atom is 0.139 e. The van der Waals surface area contributed by atoms with Crippen LogP contribution in [0.4, 0.5) is 0 Å². The van der Waals surface area contributed by atoms with Gasteiger partial charge in [0.1, 0.15) is 10.8 Å². The third-order valence-corrected chi connectivity index (χ3v) is 3.17. The maximum atomic E-state index is 6.09. The largest absolute Gasteiger partial charge is 0.495 e. The lowest BCUT2D eigenvalue weighted by Gasteiger charge is -2.25. The smallest absolute Gasteiger partial charge is 0.139 e. The van der Waals surface area contributed by atoms with E-state index < -0.39 is 5.54 Å². The molecule has 1 aromatic rings. The molecule has 1 atom stereocenters. The topological polar surface area (TPSA) is 61.3 Å². The predicted molar refractivity (Wildman–Crippen MR) is 63.6 cm³/mol. The highest BCUT2D eigenvalue weighted by atomic mass is 35.5. The van der Waals surface area contributed by atoms with Crippen LogP contribution in [0.25, 0.3) is 0 Å². The molecule has 5 heteroatoms. The number of ether oxygens (including phenoxy) is 1. The molecule has 0 aliphatic rings. The first-order chi connectivity index (χ1) is 6.94. The van der Waals surface area contributed by atoms with Crippen molar-refractivity contribution in [3.8, 4) is 5.75 Å². The molecule has 15 heavy (non-hydrogen) atoms. The van der Waals surface area contributed by atoms with Crippen LogP contribution in [0.5, 0.6) is 5.75 Å². The van der Waals surface area contributed by atoms with Gasteiger partial charge in [-0.3, -0.25) is 0 Å². The lowest BCUT2D eigenvalue weighted by molar-refractivity contribution is 0.414. The molecule has 0 aromatic heterocycles. The number of benzene rings is 1. The quantitative estimate of drug-likeness (QED) is 0.862. The Morgan fingerprint density at radius 2 is 1.93 bits per heavy atom. The van der Waals surface area contributed by atoms with Crippen LogP contribution < -0.4 is 16.2 Å². The average Bonchev–Trinajstić information content (AvgIpc) is 2.21. The van der Waals surface area contributed by atoms with Crippen LogP contribution >= 0.6 is 23.2 Å². The van der Waals surface area contributed by atoms with Gasteiger partial charge in [-0.1, -0.05) is 29.3 Å². The van der Waals surface area contributed by atoms with Gasteiger partial charge in [0.05, 0.1) is 17.7 Å². The average molecular weight is 249 g/mol. The summed E-state index contributed by atoms with van der Waals surface area (Å²) in [4.78, 5) is 0. The van der Waals surface area contributed by atoms with E-state index in [1.54, 1.807) is 19.1 Å². The normalized spacial score (nSPS) is 14.8. The fourth-order valence-corrected chi connectivity index (χ4v) is 1.85. The number of methoxy groups -OCH3 is 1. The minimum atomic E-state index is -0.688. The van der Waals surface area contributed by atoms with Crippen molar-refractivity contribution in [2.75, 3.05) is 13.7 Å². The highest BCUT2D eigenvalue weighted by Crippen LogP contribution is 2.37. The van der Waals surface area contributed by atoms with Crippen molar-refractivity contribution in [3.63, 3.8) is 0 Å². The molecule has 0 fully saturated rings. The molecule has 3 nitrogen and oxygen atoms in total. The molecule has 0 spiro atoms. The van der Waals surface area contributed by atoms with Gasteiger partial charge in [-0.05, 0) is 18.6 Å². The first kappa shape index (κ1) is 12.6. The zero-order valence-corrected chi connectivity index (χ0v) is 10.2. The van der Waals surface area contributed by atoms with Gasteiger partial charge >= 0.3 is 0 Å². The van der Waals surface area contributed by atoms with Crippen molar-refractivity contribution < 1.29 is 4.74 Å². The first-order valence-electron chi connectivity index (χ1n) is 4.45. The van der Waals surface area contributed by atoms with E-state index in [-0.39, 0.29) is 6.54 Å². The highest BCUT2D eigenvalue weighted by molar-refractivity contribution is 6.43. The van der Waals surface area contributed by atoms with E-state index >= 15 is 0 Å². The van der Waals surface area contributed by atoms with Gasteiger partial charge in [-0.2, -0.15) is 0 Å². The van der Waals surface area contributed by atoms with E-state index in [0.29, 0.717) is 15.8 Å². The van der Waals surface area contributed by atoms with Crippen LogP contribution in [-0.2, 0) is 5.54 Å². The monoisotopic (exact) mass is 248 g/mol. The SMILES string of the molecule is COc1ccc(C(C)(N)CN)c(Cl)c1Cl. The summed E-state index contributed by atoms with van der Waals surface area (Å²) in [5.74, 6) is 0.526. The summed E-state index contributed by atoms with van der Waals surface area (Å²) in [6.07, 6.45) is 0. The Labute approximate surface area is 99.3 Å². The van der Waals surface area contributed by atoms with Crippen LogP contribution in [0, 0.1) is 0 Å². The van der Waals surface area contributed by atoms with Gasteiger partial charge in [0.25, 0.3) is 0 Å². The molecule has 0 aliphatic carbocycles. The van der Waals surface area contributed by atoms with Crippen LogP contribution in [0.2, 0.25) is 10.0 Å². The minimum Gasteiger partial charge on any atom is -0.495 e. The zero-order chi connectivity index (χ0) is 11.6. The Kier molecular flexibility index (Phi) is 3.84. The van der Waals surface area contributed by atoms with Crippen LogP contribution in [0.1, 0.15) is 12.5 Å². The van der Waals surface area contributed by atoms with Gasteiger partial charge in [0.15, 0.2) is 0 Å². The van der Waals surface area contributed by atoms with Crippen molar-refractivity contribution in [1.82, 2.24) is 0 Å². The van der Waals surface area contributed by atoms with Crippen molar-refractivity contribution in [3.05, 3.63) is 27.7 Å². The number of hydrogen-bond donors (Lipinski definition) is 2. The van der Waals surface area contributed by atoms with Gasteiger partial charge in [0, 0.05) is 6.54 Å². The van der Waals surface area contributed by atoms with Crippen molar-refractivity contribution in [2.24, 2.45) is 11.5 Å². The highest BCUT2D eigenvalue weighted by Gasteiger charge is 2.24. The minimum absolute atomic E-state index is 0.287. The molecule has 0 amide bonds. The molecule has 0 radical (unpaired) electrons. The Balaban J connectivity index is 3.29. The Morgan fingerprint density at radius 1 is 1.33 bits per heavy atom. The fourth-order valence-electron chi connectivity index (χ4n) is 1.24. The summed E-state index contributed by atoms with van der Waals surface area (Å²) in [5.41, 5.74) is 11.6. The molecular formula is C10H14Cl2N2O. The Hall–Kier alpha value is -0.480. The van der Waals surface area contributed by atoms with Crippen molar-refractivity contribution in [1.29, 1.82) is 0 Å². The third kappa shape index (κ3) is 2.37.